The first-order valence-electron chi connectivity index (χ1n) is 4.41. The first-order chi connectivity index (χ1) is 4.62. The Kier molecular flexibility index (Phi) is 4.76. The van der Waals surface area contributed by atoms with Gasteiger partial charge in [0.1, 0.15) is 0 Å². The van der Waals surface area contributed by atoms with E-state index in [9.17, 15) is 0 Å². The topological polar surface area (TPSA) is 0 Å². The summed E-state index contributed by atoms with van der Waals surface area (Å²) in [5.41, 5.74) is 0.562. The molecule has 10 heavy (non-hydrogen) atoms. The summed E-state index contributed by atoms with van der Waals surface area (Å²) in [6, 6.07) is 0. The Balaban J connectivity index is 3.42. The van der Waals surface area contributed by atoms with Crippen LogP contribution < -0.4 is 0 Å². The lowest BCUT2D eigenvalue weighted by Gasteiger charge is -2.23. The second kappa shape index (κ2) is 4.76. The van der Waals surface area contributed by atoms with E-state index < -0.39 is 0 Å². The standard InChI is InChI=1S/C10H21/c1-5-7-9-10(3,4)8-6-2/h1,5-9H2,2-4H3. The third-order valence-corrected chi connectivity index (χ3v) is 2.03. The molecule has 0 nitrogen and oxygen atoms in total. The van der Waals surface area contributed by atoms with Crippen LogP contribution >= 0.6 is 0 Å². The van der Waals surface area contributed by atoms with Gasteiger partial charge < -0.3 is 0 Å². The van der Waals surface area contributed by atoms with E-state index in [0.29, 0.717) is 5.41 Å². The van der Waals surface area contributed by atoms with Gasteiger partial charge in [0, 0.05) is 0 Å². The second-order valence-corrected chi connectivity index (χ2v) is 3.87. The van der Waals surface area contributed by atoms with Crippen molar-refractivity contribution < 1.29 is 0 Å². The van der Waals surface area contributed by atoms with Gasteiger partial charge in [-0.3, -0.25) is 0 Å². The Morgan fingerprint density at radius 1 is 1.20 bits per heavy atom. The minimum atomic E-state index is 0.562. The lowest BCUT2D eigenvalue weighted by Crippen LogP contribution is -2.09. The highest BCUT2D eigenvalue weighted by Gasteiger charge is 2.14. The molecule has 0 rings (SSSR count). The zero-order valence-corrected chi connectivity index (χ0v) is 7.74. The molecule has 0 heterocycles. The summed E-state index contributed by atoms with van der Waals surface area (Å²) >= 11 is 0. The van der Waals surface area contributed by atoms with Crippen LogP contribution in [-0.2, 0) is 0 Å². The van der Waals surface area contributed by atoms with Crippen LogP contribution in [0, 0.1) is 12.3 Å². The summed E-state index contributed by atoms with van der Waals surface area (Å²) in [5, 5.41) is 0. The van der Waals surface area contributed by atoms with Crippen LogP contribution in [0.15, 0.2) is 0 Å². The molecule has 0 heteroatoms. The Hall–Kier alpha value is 0. The smallest absolute Gasteiger partial charge is 0.0354 e. The monoisotopic (exact) mass is 141 g/mol. The number of hydrogen-bond donors (Lipinski definition) is 0. The van der Waals surface area contributed by atoms with Crippen molar-refractivity contribution >= 4 is 0 Å². The Morgan fingerprint density at radius 3 is 2.20 bits per heavy atom. The summed E-state index contributed by atoms with van der Waals surface area (Å²) in [5.74, 6) is 0. The van der Waals surface area contributed by atoms with Crippen molar-refractivity contribution in [2.24, 2.45) is 5.41 Å². The van der Waals surface area contributed by atoms with Gasteiger partial charge in [0.05, 0.1) is 0 Å². The molecule has 0 spiro atoms. The minimum Gasteiger partial charge on any atom is -0.0654 e. The van der Waals surface area contributed by atoms with Gasteiger partial charge in [-0.1, -0.05) is 47.0 Å². The maximum Gasteiger partial charge on any atom is -0.0354 e. The molecule has 0 N–H and O–H groups in total. The fourth-order valence-corrected chi connectivity index (χ4v) is 1.41. The average molecular weight is 141 g/mol. The minimum absolute atomic E-state index is 0.562. The third-order valence-electron chi connectivity index (χ3n) is 2.03. The maximum atomic E-state index is 3.85. The molecule has 0 fully saturated rings. The Morgan fingerprint density at radius 2 is 1.80 bits per heavy atom. The van der Waals surface area contributed by atoms with Crippen LogP contribution in [0.5, 0.6) is 0 Å². The number of hydrogen-bond acceptors (Lipinski definition) is 0. The molecule has 0 saturated carbocycles. The summed E-state index contributed by atoms with van der Waals surface area (Å²) in [6.45, 7) is 10.8. The molecule has 0 aliphatic rings. The molecule has 0 amide bonds. The van der Waals surface area contributed by atoms with E-state index in [1.165, 1.54) is 25.7 Å². The number of unbranched alkanes of at least 4 members (excludes halogenated alkanes) is 1. The van der Waals surface area contributed by atoms with Crippen molar-refractivity contribution in [2.45, 2.75) is 52.9 Å². The fourth-order valence-electron chi connectivity index (χ4n) is 1.41. The lowest BCUT2D eigenvalue weighted by atomic mass is 9.83. The summed E-state index contributed by atoms with van der Waals surface area (Å²) in [4.78, 5) is 0. The van der Waals surface area contributed by atoms with E-state index in [1.54, 1.807) is 0 Å². The van der Waals surface area contributed by atoms with Gasteiger partial charge in [-0.25, -0.2) is 0 Å². The Labute approximate surface area is 66.0 Å². The lowest BCUT2D eigenvalue weighted by molar-refractivity contribution is 0.297. The third kappa shape index (κ3) is 4.84. The quantitative estimate of drug-likeness (QED) is 0.546. The predicted octanol–water partition coefficient (Wildman–Crippen LogP) is 3.82. The van der Waals surface area contributed by atoms with Gasteiger partial charge >= 0.3 is 0 Å². The SMILES string of the molecule is [CH2]CCCC(C)(C)CCC. The number of rotatable bonds is 5. The normalized spacial score (nSPS) is 12.0. The highest BCUT2D eigenvalue weighted by molar-refractivity contribution is 4.67. The van der Waals surface area contributed by atoms with E-state index >= 15 is 0 Å². The molecular weight excluding hydrogens is 120 g/mol. The predicted molar refractivity (Wildman–Crippen MR) is 47.9 cm³/mol. The van der Waals surface area contributed by atoms with Gasteiger partial charge in [-0.2, -0.15) is 0 Å². The van der Waals surface area contributed by atoms with E-state index in [0.717, 1.165) is 6.42 Å². The largest absolute Gasteiger partial charge is 0.0654 e. The van der Waals surface area contributed by atoms with E-state index in [4.69, 9.17) is 0 Å². The van der Waals surface area contributed by atoms with E-state index in [-0.39, 0.29) is 0 Å². The van der Waals surface area contributed by atoms with Crippen LogP contribution in [0.3, 0.4) is 0 Å². The van der Waals surface area contributed by atoms with Crippen molar-refractivity contribution in [3.8, 4) is 0 Å². The molecule has 0 aromatic heterocycles. The van der Waals surface area contributed by atoms with Crippen LogP contribution in [0.2, 0.25) is 0 Å². The fraction of sp³-hybridized carbons (Fsp3) is 0.900. The molecule has 0 aliphatic heterocycles. The van der Waals surface area contributed by atoms with E-state index in [2.05, 4.69) is 27.7 Å². The molecule has 61 valence electrons. The molecule has 0 aromatic rings. The van der Waals surface area contributed by atoms with Crippen LogP contribution in [0.25, 0.3) is 0 Å². The molecule has 1 radical (unpaired) electrons. The molecule has 0 aliphatic carbocycles. The highest BCUT2D eigenvalue weighted by atomic mass is 14.2. The average Bonchev–Trinajstić information content (AvgIpc) is 1.84. The van der Waals surface area contributed by atoms with Crippen LogP contribution in [-0.4, -0.2) is 0 Å². The van der Waals surface area contributed by atoms with Gasteiger partial charge in [0.25, 0.3) is 0 Å². The maximum absolute atomic E-state index is 3.85. The van der Waals surface area contributed by atoms with Crippen LogP contribution in [0.4, 0.5) is 0 Å². The van der Waals surface area contributed by atoms with Crippen molar-refractivity contribution in [2.75, 3.05) is 0 Å². The first-order valence-corrected chi connectivity index (χ1v) is 4.41. The Bertz CT molecular complexity index is 72.1. The van der Waals surface area contributed by atoms with Crippen LogP contribution in [0.1, 0.15) is 52.9 Å². The summed E-state index contributed by atoms with van der Waals surface area (Å²) in [6.07, 6.45) is 6.38. The molecular formula is C10H21. The van der Waals surface area contributed by atoms with Gasteiger partial charge in [0.2, 0.25) is 0 Å². The van der Waals surface area contributed by atoms with Gasteiger partial charge in [0.15, 0.2) is 0 Å². The van der Waals surface area contributed by atoms with Gasteiger partial charge in [-0.05, 0) is 18.3 Å². The summed E-state index contributed by atoms with van der Waals surface area (Å²) in [7, 11) is 0. The highest BCUT2D eigenvalue weighted by Crippen LogP contribution is 2.28. The van der Waals surface area contributed by atoms with Crippen molar-refractivity contribution in [3.05, 3.63) is 6.92 Å². The first kappa shape index (κ1) is 10.0. The molecule has 0 atom stereocenters. The zero-order chi connectivity index (χ0) is 8.04. The molecule has 0 aromatic carbocycles. The van der Waals surface area contributed by atoms with Crippen molar-refractivity contribution in [1.82, 2.24) is 0 Å². The molecule has 0 saturated heterocycles. The van der Waals surface area contributed by atoms with Crippen molar-refractivity contribution in [3.63, 3.8) is 0 Å². The second-order valence-electron chi connectivity index (χ2n) is 3.87. The van der Waals surface area contributed by atoms with Crippen molar-refractivity contribution in [1.29, 1.82) is 0 Å². The van der Waals surface area contributed by atoms with E-state index in [1.807, 2.05) is 0 Å². The molecule has 0 bridgehead atoms. The molecule has 0 unspecified atom stereocenters. The zero-order valence-electron chi connectivity index (χ0n) is 7.74. The van der Waals surface area contributed by atoms with Gasteiger partial charge in [-0.15, -0.1) is 0 Å². The summed E-state index contributed by atoms with van der Waals surface area (Å²) < 4.78 is 0.